The van der Waals surface area contributed by atoms with Crippen LogP contribution < -0.4 is 0 Å². The van der Waals surface area contributed by atoms with E-state index in [0.29, 0.717) is 5.82 Å². The van der Waals surface area contributed by atoms with Crippen LogP contribution in [0.4, 0.5) is 0 Å². The van der Waals surface area contributed by atoms with Gasteiger partial charge in [0.1, 0.15) is 0 Å². The van der Waals surface area contributed by atoms with Crippen molar-refractivity contribution in [1.29, 1.82) is 0 Å². The highest BCUT2D eigenvalue weighted by Gasteiger charge is 2.18. The van der Waals surface area contributed by atoms with Crippen molar-refractivity contribution in [1.82, 2.24) is 9.97 Å². The highest BCUT2D eigenvalue weighted by Crippen LogP contribution is 2.19. The van der Waals surface area contributed by atoms with Gasteiger partial charge in [-0.15, -0.1) is 0 Å². The summed E-state index contributed by atoms with van der Waals surface area (Å²) in [6.07, 6.45) is 5.01. The summed E-state index contributed by atoms with van der Waals surface area (Å²) in [5, 5.41) is 0. The monoisotopic (exact) mass is 190 g/mol. The zero-order valence-electron chi connectivity index (χ0n) is 8.58. The van der Waals surface area contributed by atoms with Crippen molar-refractivity contribution >= 4 is 5.78 Å². The summed E-state index contributed by atoms with van der Waals surface area (Å²) in [7, 11) is 0. The number of rotatable bonds is 2. The van der Waals surface area contributed by atoms with Gasteiger partial charge < -0.3 is 0 Å². The zero-order chi connectivity index (χ0) is 10.1. The number of fused-ring (bicyclic) bond motifs is 1. The second kappa shape index (κ2) is 3.48. The first-order valence-electron chi connectivity index (χ1n) is 5.07. The van der Waals surface area contributed by atoms with Crippen molar-refractivity contribution in [2.45, 2.75) is 33.1 Å². The molecule has 0 radical (unpaired) electrons. The average Bonchev–Trinajstić information content (AvgIpc) is 2.62. The Hall–Kier alpha value is -1.25. The molecule has 0 atom stereocenters. The molecule has 1 heterocycles. The fourth-order valence-electron chi connectivity index (χ4n) is 1.69. The van der Waals surface area contributed by atoms with Gasteiger partial charge in [0, 0.05) is 17.8 Å². The summed E-state index contributed by atoms with van der Waals surface area (Å²) < 4.78 is 0. The molecule has 1 aliphatic carbocycles. The second-order valence-corrected chi connectivity index (χ2v) is 4.04. The smallest absolute Gasteiger partial charge is 0.202 e. The summed E-state index contributed by atoms with van der Waals surface area (Å²) in [4.78, 5) is 20.0. The Kier molecular flexibility index (Phi) is 2.32. The number of aromatic nitrogens is 2. The van der Waals surface area contributed by atoms with Crippen LogP contribution in [-0.4, -0.2) is 15.8 Å². The molecular weight excluding hydrogens is 176 g/mol. The van der Waals surface area contributed by atoms with E-state index in [0.717, 1.165) is 25.0 Å². The predicted octanol–water partition coefficient (Wildman–Crippen LogP) is 1.80. The van der Waals surface area contributed by atoms with E-state index in [4.69, 9.17) is 0 Å². The molecule has 0 spiro atoms. The molecule has 0 saturated carbocycles. The first kappa shape index (κ1) is 9.31. The lowest BCUT2D eigenvalue weighted by atomic mass is 10.1. The van der Waals surface area contributed by atoms with E-state index in [1.165, 1.54) is 5.56 Å². The van der Waals surface area contributed by atoms with E-state index in [-0.39, 0.29) is 11.7 Å². The van der Waals surface area contributed by atoms with E-state index >= 15 is 0 Å². The molecule has 1 aromatic heterocycles. The van der Waals surface area contributed by atoms with Gasteiger partial charge in [0.05, 0.1) is 0 Å². The van der Waals surface area contributed by atoms with Crippen LogP contribution in [0.2, 0.25) is 0 Å². The number of hydrogen-bond donors (Lipinski definition) is 0. The number of carbonyl (C=O) groups excluding carboxylic acids is 1. The Bertz CT molecular complexity index is 372. The molecule has 0 bridgehead atoms. The molecule has 0 N–H and O–H groups in total. The van der Waals surface area contributed by atoms with Crippen molar-refractivity contribution in [3.63, 3.8) is 0 Å². The first-order valence-corrected chi connectivity index (χ1v) is 5.07. The minimum Gasteiger partial charge on any atom is -0.290 e. The molecule has 74 valence electrons. The van der Waals surface area contributed by atoms with Gasteiger partial charge >= 0.3 is 0 Å². The Morgan fingerprint density at radius 3 is 2.93 bits per heavy atom. The summed E-state index contributed by atoms with van der Waals surface area (Å²) in [5.74, 6) is 0.412. The van der Waals surface area contributed by atoms with Gasteiger partial charge in [0.2, 0.25) is 5.78 Å². The first-order chi connectivity index (χ1) is 6.68. The molecule has 0 aromatic carbocycles. The Morgan fingerprint density at radius 2 is 2.21 bits per heavy atom. The molecule has 0 amide bonds. The lowest BCUT2D eigenvalue weighted by Crippen LogP contribution is -2.13. The number of ketones is 1. The van der Waals surface area contributed by atoms with E-state index in [1.807, 2.05) is 20.0 Å². The minimum atomic E-state index is -0.0190. The van der Waals surface area contributed by atoms with E-state index in [1.54, 1.807) is 0 Å². The second-order valence-electron chi connectivity index (χ2n) is 4.04. The maximum absolute atomic E-state index is 11.6. The van der Waals surface area contributed by atoms with Crippen LogP contribution in [0.25, 0.3) is 0 Å². The lowest BCUT2D eigenvalue weighted by molar-refractivity contribution is 0.0928. The van der Waals surface area contributed by atoms with Crippen LogP contribution in [-0.2, 0) is 12.8 Å². The fourth-order valence-corrected chi connectivity index (χ4v) is 1.69. The molecule has 1 aliphatic rings. The summed E-state index contributed by atoms with van der Waals surface area (Å²) in [5.41, 5.74) is 2.29. The molecule has 3 heteroatoms. The molecule has 3 nitrogen and oxygen atoms in total. The predicted molar refractivity (Wildman–Crippen MR) is 53.2 cm³/mol. The molecule has 2 rings (SSSR count). The van der Waals surface area contributed by atoms with Crippen LogP contribution >= 0.6 is 0 Å². The van der Waals surface area contributed by atoms with Crippen molar-refractivity contribution in [2.75, 3.05) is 0 Å². The number of hydrogen-bond acceptors (Lipinski definition) is 3. The van der Waals surface area contributed by atoms with Crippen LogP contribution in [0.5, 0.6) is 0 Å². The molecule has 0 fully saturated rings. The largest absolute Gasteiger partial charge is 0.290 e. The summed E-state index contributed by atoms with van der Waals surface area (Å²) >= 11 is 0. The van der Waals surface area contributed by atoms with Crippen molar-refractivity contribution in [3.8, 4) is 0 Å². The third-order valence-electron chi connectivity index (χ3n) is 2.56. The highest BCUT2D eigenvalue weighted by atomic mass is 16.1. The number of carbonyl (C=O) groups is 1. The zero-order valence-corrected chi connectivity index (χ0v) is 8.58. The molecule has 14 heavy (non-hydrogen) atoms. The number of aryl methyl sites for hydroxylation is 2. The van der Waals surface area contributed by atoms with Gasteiger partial charge in [-0.3, -0.25) is 4.79 Å². The van der Waals surface area contributed by atoms with Gasteiger partial charge in [-0.2, -0.15) is 0 Å². The topological polar surface area (TPSA) is 42.9 Å². The maximum atomic E-state index is 11.6. The standard InChI is InChI=1S/C11H14N2O/c1-7(2)10(14)11-12-6-8-4-3-5-9(8)13-11/h6-7H,3-5H2,1-2H3. The molecule has 1 aromatic rings. The van der Waals surface area contributed by atoms with E-state index in [2.05, 4.69) is 9.97 Å². The Balaban J connectivity index is 2.33. The van der Waals surface area contributed by atoms with Gasteiger partial charge in [-0.1, -0.05) is 13.8 Å². The third-order valence-corrected chi connectivity index (χ3v) is 2.56. The fraction of sp³-hybridized carbons (Fsp3) is 0.545. The van der Waals surface area contributed by atoms with E-state index < -0.39 is 0 Å². The van der Waals surface area contributed by atoms with Crippen molar-refractivity contribution < 1.29 is 4.79 Å². The van der Waals surface area contributed by atoms with Crippen LogP contribution in [0, 0.1) is 5.92 Å². The average molecular weight is 190 g/mol. The van der Waals surface area contributed by atoms with Crippen LogP contribution in [0.15, 0.2) is 6.20 Å². The molecule has 0 saturated heterocycles. The van der Waals surface area contributed by atoms with Gasteiger partial charge in [-0.05, 0) is 24.8 Å². The number of Topliss-reactive ketones (excluding diaryl/α,β-unsaturated/α-hetero) is 1. The Morgan fingerprint density at radius 1 is 1.43 bits per heavy atom. The SMILES string of the molecule is CC(C)C(=O)c1ncc2c(n1)CCC2. The van der Waals surface area contributed by atoms with Gasteiger partial charge in [0.25, 0.3) is 0 Å². The van der Waals surface area contributed by atoms with Crippen LogP contribution in [0.3, 0.4) is 0 Å². The van der Waals surface area contributed by atoms with Gasteiger partial charge in [-0.25, -0.2) is 9.97 Å². The van der Waals surface area contributed by atoms with Crippen molar-refractivity contribution in [3.05, 3.63) is 23.3 Å². The Labute approximate surface area is 83.6 Å². The minimum absolute atomic E-state index is 0.0190. The quantitative estimate of drug-likeness (QED) is 0.668. The number of nitrogens with zero attached hydrogens (tertiary/aromatic N) is 2. The maximum Gasteiger partial charge on any atom is 0.202 e. The summed E-state index contributed by atoms with van der Waals surface area (Å²) in [6, 6.07) is 0. The molecule has 0 unspecified atom stereocenters. The van der Waals surface area contributed by atoms with Crippen molar-refractivity contribution in [2.24, 2.45) is 5.92 Å². The molecular formula is C11H14N2O. The normalized spacial score (nSPS) is 14.5. The summed E-state index contributed by atoms with van der Waals surface area (Å²) in [6.45, 7) is 3.75. The van der Waals surface area contributed by atoms with E-state index in [9.17, 15) is 4.79 Å². The third kappa shape index (κ3) is 1.54. The highest BCUT2D eigenvalue weighted by molar-refractivity contribution is 5.93. The lowest BCUT2D eigenvalue weighted by Gasteiger charge is -2.04. The molecule has 0 aliphatic heterocycles. The van der Waals surface area contributed by atoms with Gasteiger partial charge in [0.15, 0.2) is 5.82 Å². The van der Waals surface area contributed by atoms with Crippen LogP contribution in [0.1, 0.15) is 42.1 Å².